The van der Waals surface area contributed by atoms with Gasteiger partial charge in [0.05, 0.1) is 22.1 Å². The number of nitriles is 1. The number of nitrogens with zero attached hydrogens (tertiary/aromatic N) is 3. The van der Waals surface area contributed by atoms with Crippen molar-refractivity contribution >= 4 is 16.6 Å². The monoisotopic (exact) mass is 263 g/mol. The number of para-hydroxylation sites is 2. The summed E-state index contributed by atoms with van der Waals surface area (Å²) in [4.78, 5) is 10.7. The Bertz CT molecular complexity index is 859. The van der Waals surface area contributed by atoms with Crippen molar-refractivity contribution in [3.8, 4) is 11.8 Å². The van der Waals surface area contributed by atoms with E-state index < -0.39 is 4.92 Å². The minimum Gasteiger partial charge on any atom is -0.311 e. The number of nitro groups is 1. The predicted molar refractivity (Wildman–Crippen MR) is 74.6 cm³/mol. The summed E-state index contributed by atoms with van der Waals surface area (Å²) in [6.45, 7) is 0. The molecule has 3 rings (SSSR count). The Labute approximate surface area is 114 Å². The molecule has 5 nitrogen and oxygen atoms in total. The molecule has 0 spiro atoms. The fourth-order valence-electron chi connectivity index (χ4n) is 2.24. The van der Waals surface area contributed by atoms with Gasteiger partial charge in [0.25, 0.3) is 5.69 Å². The summed E-state index contributed by atoms with van der Waals surface area (Å²) in [5.41, 5.74) is 1.96. The average Bonchev–Trinajstić information content (AvgIpc) is 2.89. The van der Waals surface area contributed by atoms with Gasteiger partial charge in [-0.25, -0.2) is 0 Å². The van der Waals surface area contributed by atoms with Crippen LogP contribution in [0.2, 0.25) is 0 Å². The first-order valence-electron chi connectivity index (χ1n) is 5.96. The Morgan fingerprint density at radius 3 is 2.70 bits per heavy atom. The van der Waals surface area contributed by atoms with Gasteiger partial charge in [-0.05, 0) is 30.3 Å². The first-order valence-corrected chi connectivity index (χ1v) is 5.96. The van der Waals surface area contributed by atoms with Crippen LogP contribution in [0, 0.1) is 21.4 Å². The average molecular weight is 263 g/mol. The number of aromatic nitrogens is 1. The van der Waals surface area contributed by atoms with E-state index in [0.29, 0.717) is 11.3 Å². The number of nitro benzene ring substituents is 1. The molecule has 0 fully saturated rings. The number of fused-ring (bicyclic) bond motifs is 1. The van der Waals surface area contributed by atoms with Crippen molar-refractivity contribution in [2.45, 2.75) is 0 Å². The van der Waals surface area contributed by atoms with Gasteiger partial charge < -0.3 is 4.57 Å². The van der Waals surface area contributed by atoms with Gasteiger partial charge in [0.15, 0.2) is 0 Å². The van der Waals surface area contributed by atoms with Crippen LogP contribution < -0.4 is 0 Å². The molecule has 0 aliphatic heterocycles. The molecule has 20 heavy (non-hydrogen) atoms. The molecular weight excluding hydrogens is 254 g/mol. The summed E-state index contributed by atoms with van der Waals surface area (Å²) in [5.74, 6) is 0. The summed E-state index contributed by atoms with van der Waals surface area (Å²) >= 11 is 0. The maximum atomic E-state index is 11.1. The molecule has 0 aliphatic carbocycles. The Hall–Kier alpha value is -3.13. The highest BCUT2D eigenvalue weighted by Crippen LogP contribution is 2.27. The van der Waals surface area contributed by atoms with Crippen molar-refractivity contribution in [3.05, 3.63) is 70.4 Å². The lowest BCUT2D eigenvalue weighted by atomic mass is 10.2. The second kappa shape index (κ2) is 4.52. The van der Waals surface area contributed by atoms with E-state index in [2.05, 4.69) is 6.07 Å². The second-order valence-electron chi connectivity index (χ2n) is 4.32. The van der Waals surface area contributed by atoms with E-state index >= 15 is 0 Å². The highest BCUT2D eigenvalue weighted by molar-refractivity contribution is 5.84. The third kappa shape index (κ3) is 1.80. The molecule has 0 unspecified atom stereocenters. The van der Waals surface area contributed by atoms with E-state index in [4.69, 9.17) is 5.26 Å². The van der Waals surface area contributed by atoms with Crippen molar-refractivity contribution < 1.29 is 4.92 Å². The van der Waals surface area contributed by atoms with E-state index in [1.807, 2.05) is 6.07 Å². The molecule has 0 radical (unpaired) electrons. The Balaban J connectivity index is 2.26. The fraction of sp³-hybridized carbons (Fsp3) is 0. The van der Waals surface area contributed by atoms with E-state index in [1.165, 1.54) is 6.07 Å². The van der Waals surface area contributed by atoms with Crippen LogP contribution in [0.5, 0.6) is 0 Å². The SMILES string of the molecule is N#Cc1ccc2c(ccn2-c2ccccc2[N+](=O)[O-])c1. The van der Waals surface area contributed by atoms with E-state index in [0.717, 1.165) is 10.9 Å². The van der Waals surface area contributed by atoms with Crippen LogP contribution in [-0.2, 0) is 0 Å². The van der Waals surface area contributed by atoms with Crippen LogP contribution in [0.15, 0.2) is 54.7 Å². The summed E-state index contributed by atoms with van der Waals surface area (Å²) in [6.07, 6.45) is 1.77. The molecule has 0 bridgehead atoms. The maximum Gasteiger partial charge on any atom is 0.293 e. The molecule has 1 heterocycles. The van der Waals surface area contributed by atoms with Crippen molar-refractivity contribution in [2.24, 2.45) is 0 Å². The van der Waals surface area contributed by atoms with Crippen molar-refractivity contribution in [1.82, 2.24) is 4.57 Å². The van der Waals surface area contributed by atoms with Gasteiger partial charge >= 0.3 is 0 Å². The minimum atomic E-state index is -0.398. The maximum absolute atomic E-state index is 11.1. The van der Waals surface area contributed by atoms with Gasteiger partial charge in [0.1, 0.15) is 5.69 Å². The lowest BCUT2D eigenvalue weighted by molar-refractivity contribution is -0.384. The predicted octanol–water partition coefficient (Wildman–Crippen LogP) is 3.41. The molecule has 3 aromatic rings. The molecule has 0 saturated heterocycles. The lowest BCUT2D eigenvalue weighted by Gasteiger charge is -2.06. The molecule has 2 aromatic carbocycles. The summed E-state index contributed by atoms with van der Waals surface area (Å²) < 4.78 is 1.76. The summed E-state index contributed by atoms with van der Waals surface area (Å²) in [5, 5.41) is 20.9. The number of hydrogen-bond acceptors (Lipinski definition) is 3. The Kier molecular flexibility index (Phi) is 2.70. The Morgan fingerprint density at radius 1 is 1.15 bits per heavy atom. The van der Waals surface area contributed by atoms with Gasteiger partial charge in [-0.15, -0.1) is 0 Å². The minimum absolute atomic E-state index is 0.0503. The number of hydrogen-bond donors (Lipinski definition) is 0. The van der Waals surface area contributed by atoms with Crippen molar-refractivity contribution in [2.75, 3.05) is 0 Å². The van der Waals surface area contributed by atoms with Gasteiger partial charge in [0.2, 0.25) is 0 Å². The molecular formula is C15H9N3O2. The number of rotatable bonds is 2. The molecule has 5 heteroatoms. The quantitative estimate of drug-likeness (QED) is 0.525. The zero-order valence-electron chi connectivity index (χ0n) is 10.4. The second-order valence-corrected chi connectivity index (χ2v) is 4.32. The molecule has 0 atom stereocenters. The standard InChI is InChI=1S/C15H9N3O2/c16-10-11-5-6-13-12(9-11)7-8-17(13)14-3-1-2-4-15(14)18(19)20/h1-9H. The zero-order chi connectivity index (χ0) is 14.1. The molecule has 0 aliphatic rings. The first-order chi connectivity index (χ1) is 9.70. The van der Waals surface area contributed by atoms with Gasteiger partial charge in [0, 0.05) is 17.6 Å². The fourth-order valence-corrected chi connectivity index (χ4v) is 2.24. The third-order valence-corrected chi connectivity index (χ3v) is 3.16. The molecule has 1 aromatic heterocycles. The van der Waals surface area contributed by atoms with Crippen LogP contribution in [0.25, 0.3) is 16.6 Å². The molecule has 0 amide bonds. The van der Waals surface area contributed by atoms with E-state index in [1.54, 1.807) is 47.2 Å². The largest absolute Gasteiger partial charge is 0.311 e. The van der Waals surface area contributed by atoms with Gasteiger partial charge in [-0.1, -0.05) is 12.1 Å². The van der Waals surface area contributed by atoms with Crippen LogP contribution in [0.1, 0.15) is 5.56 Å². The topological polar surface area (TPSA) is 71.9 Å². The summed E-state index contributed by atoms with van der Waals surface area (Å²) in [7, 11) is 0. The lowest BCUT2D eigenvalue weighted by Crippen LogP contribution is -1.98. The third-order valence-electron chi connectivity index (χ3n) is 3.16. The van der Waals surface area contributed by atoms with Crippen LogP contribution >= 0.6 is 0 Å². The van der Waals surface area contributed by atoms with E-state index in [9.17, 15) is 10.1 Å². The smallest absolute Gasteiger partial charge is 0.293 e. The van der Waals surface area contributed by atoms with Crippen LogP contribution in [0.4, 0.5) is 5.69 Å². The Morgan fingerprint density at radius 2 is 1.95 bits per heavy atom. The molecule has 0 N–H and O–H groups in total. The van der Waals surface area contributed by atoms with E-state index in [-0.39, 0.29) is 5.69 Å². The summed E-state index contributed by atoms with van der Waals surface area (Å²) in [6, 6.07) is 15.8. The highest BCUT2D eigenvalue weighted by atomic mass is 16.6. The van der Waals surface area contributed by atoms with Crippen LogP contribution in [0.3, 0.4) is 0 Å². The molecule has 0 saturated carbocycles. The van der Waals surface area contributed by atoms with Gasteiger partial charge in [-0.3, -0.25) is 10.1 Å². The first kappa shape index (κ1) is 11.9. The van der Waals surface area contributed by atoms with Crippen molar-refractivity contribution in [3.63, 3.8) is 0 Å². The normalized spacial score (nSPS) is 10.3. The molecule has 96 valence electrons. The van der Waals surface area contributed by atoms with Gasteiger partial charge in [-0.2, -0.15) is 5.26 Å². The van der Waals surface area contributed by atoms with Crippen molar-refractivity contribution in [1.29, 1.82) is 5.26 Å². The zero-order valence-corrected chi connectivity index (χ0v) is 10.4. The highest BCUT2D eigenvalue weighted by Gasteiger charge is 2.15. The number of benzene rings is 2. The van der Waals surface area contributed by atoms with Crippen LogP contribution in [-0.4, -0.2) is 9.49 Å².